The van der Waals surface area contributed by atoms with Crippen molar-refractivity contribution in [3.8, 4) is 0 Å². The summed E-state index contributed by atoms with van der Waals surface area (Å²) in [6.07, 6.45) is 3.81. The highest BCUT2D eigenvalue weighted by atomic mass is 35.5. The van der Waals surface area contributed by atoms with Crippen LogP contribution in [0.15, 0.2) is 57.4 Å². The second-order valence-electron chi connectivity index (χ2n) is 8.71. The summed E-state index contributed by atoms with van der Waals surface area (Å²) in [5.74, 6) is -0.257. The maximum Gasteiger partial charge on any atom is 0.223 e. The number of amides is 1. The fourth-order valence-electron chi connectivity index (χ4n) is 4.79. The number of thioether (sulfide) groups is 1. The Kier molecular flexibility index (Phi) is 6.42. The summed E-state index contributed by atoms with van der Waals surface area (Å²) >= 11 is 7.68. The third-order valence-electron chi connectivity index (χ3n) is 6.56. The van der Waals surface area contributed by atoms with E-state index in [0.29, 0.717) is 11.6 Å². The van der Waals surface area contributed by atoms with Crippen molar-refractivity contribution >= 4 is 55.0 Å². The largest absolute Gasteiger partial charge is 0.339 e. The zero-order valence-corrected chi connectivity index (χ0v) is 20.6. The van der Waals surface area contributed by atoms with Crippen LogP contribution in [0.4, 0.5) is 0 Å². The van der Waals surface area contributed by atoms with Gasteiger partial charge in [0.15, 0.2) is 15.0 Å². The minimum absolute atomic E-state index is 0.00169. The molecule has 0 N–H and O–H groups in total. The van der Waals surface area contributed by atoms with E-state index in [0.717, 1.165) is 54.7 Å². The highest BCUT2D eigenvalue weighted by Crippen LogP contribution is 2.34. The Bertz CT molecular complexity index is 1260. The number of amidine groups is 1. The Balaban J connectivity index is 1.25. The zero-order valence-electron chi connectivity index (χ0n) is 18.2. The Hall–Kier alpha value is -2.03. The highest BCUT2D eigenvalue weighted by molar-refractivity contribution is 8.16. The molecule has 0 aromatic heterocycles. The highest BCUT2D eigenvalue weighted by Gasteiger charge is 2.33. The van der Waals surface area contributed by atoms with E-state index in [9.17, 15) is 13.2 Å². The molecule has 3 heterocycles. The van der Waals surface area contributed by atoms with Crippen molar-refractivity contribution < 1.29 is 13.2 Å². The molecule has 1 amide bonds. The molecule has 0 spiro atoms. The van der Waals surface area contributed by atoms with Crippen molar-refractivity contribution in [1.82, 2.24) is 9.80 Å². The summed E-state index contributed by atoms with van der Waals surface area (Å²) in [4.78, 5) is 22.0. The van der Waals surface area contributed by atoms with Crippen molar-refractivity contribution in [2.45, 2.75) is 43.0 Å². The first-order valence-corrected chi connectivity index (χ1v) is 14.2. The number of benzene rings is 2. The van der Waals surface area contributed by atoms with Crippen LogP contribution >= 0.6 is 23.4 Å². The van der Waals surface area contributed by atoms with E-state index in [1.807, 2.05) is 17.0 Å². The van der Waals surface area contributed by atoms with Crippen molar-refractivity contribution in [2.75, 3.05) is 25.4 Å². The molecule has 0 radical (unpaired) electrons. The van der Waals surface area contributed by atoms with Crippen LogP contribution in [0.1, 0.15) is 32.1 Å². The lowest BCUT2D eigenvalue weighted by Crippen LogP contribution is -2.45. The second kappa shape index (κ2) is 9.31. The van der Waals surface area contributed by atoms with Crippen LogP contribution in [0, 0.1) is 0 Å². The summed E-state index contributed by atoms with van der Waals surface area (Å²) in [6.45, 7) is 2.43. The average Bonchev–Trinajstić information content (AvgIpc) is 3.43. The minimum Gasteiger partial charge on any atom is -0.339 e. The van der Waals surface area contributed by atoms with Crippen LogP contribution in [0.3, 0.4) is 0 Å². The van der Waals surface area contributed by atoms with Crippen LogP contribution in [-0.2, 0) is 14.6 Å². The van der Waals surface area contributed by atoms with Crippen LogP contribution in [-0.4, -0.2) is 60.7 Å². The molecule has 5 rings (SSSR count). The molecule has 0 aliphatic carbocycles. The molecule has 33 heavy (non-hydrogen) atoms. The van der Waals surface area contributed by atoms with Gasteiger partial charge in [0.05, 0.1) is 17.2 Å². The van der Waals surface area contributed by atoms with E-state index in [1.54, 1.807) is 36.0 Å². The van der Waals surface area contributed by atoms with Crippen LogP contribution in [0.2, 0.25) is 5.02 Å². The third kappa shape index (κ3) is 4.79. The van der Waals surface area contributed by atoms with Gasteiger partial charge in [-0.05, 0) is 59.7 Å². The van der Waals surface area contributed by atoms with Gasteiger partial charge < -0.3 is 9.80 Å². The molecule has 0 bridgehead atoms. The molecule has 0 saturated carbocycles. The number of likely N-dealkylation sites (tertiary alicyclic amines) is 1. The van der Waals surface area contributed by atoms with E-state index in [4.69, 9.17) is 11.6 Å². The van der Waals surface area contributed by atoms with Crippen molar-refractivity contribution in [3.05, 3.63) is 52.5 Å². The number of carbonyl (C=O) groups excluding carboxylic acids is 1. The maximum atomic E-state index is 13.1. The zero-order chi connectivity index (χ0) is 23.0. The molecule has 6 nitrogen and oxygen atoms in total. The average molecular weight is 504 g/mol. The van der Waals surface area contributed by atoms with Crippen LogP contribution in [0.25, 0.3) is 10.8 Å². The molecular weight excluding hydrogens is 478 g/mol. The SMILES string of the molecule is O=C(CCS(=O)(=O)c1ccc2cc(Cl)ccc2c1)N1CCCCC1CC1=CSC2=NCCN12. The fraction of sp³-hybridized carbons (Fsp3) is 0.417. The van der Waals surface area contributed by atoms with Gasteiger partial charge in [-0.1, -0.05) is 35.5 Å². The summed E-state index contributed by atoms with van der Waals surface area (Å²) < 4.78 is 26.0. The lowest BCUT2D eigenvalue weighted by atomic mass is 9.97. The van der Waals surface area contributed by atoms with Crippen molar-refractivity contribution in [3.63, 3.8) is 0 Å². The molecule has 2 aromatic carbocycles. The number of aliphatic imine (C=N–C) groups is 1. The monoisotopic (exact) mass is 503 g/mol. The van der Waals surface area contributed by atoms with Gasteiger partial charge in [0.1, 0.15) is 0 Å². The first-order chi connectivity index (χ1) is 15.9. The van der Waals surface area contributed by atoms with E-state index in [2.05, 4.69) is 15.3 Å². The van der Waals surface area contributed by atoms with Crippen LogP contribution < -0.4 is 0 Å². The number of halogens is 1. The predicted molar refractivity (Wildman–Crippen MR) is 134 cm³/mol. The van der Waals surface area contributed by atoms with Crippen LogP contribution in [0.5, 0.6) is 0 Å². The van der Waals surface area contributed by atoms with E-state index >= 15 is 0 Å². The molecule has 1 saturated heterocycles. The molecule has 9 heteroatoms. The molecule has 3 aliphatic heterocycles. The fourth-order valence-corrected chi connectivity index (χ4v) is 7.20. The molecule has 174 valence electrons. The standard InChI is InChI=1S/C24H26ClN3O3S2/c25-19-6-4-18-14-22(7-5-17(18)13-19)33(30,31)12-8-23(29)27-10-2-1-3-20(27)15-21-16-32-24-26-9-11-28(21)24/h4-7,13-14,16,20H,1-3,8-12,15H2. The minimum atomic E-state index is -3.57. The Labute approximate surface area is 203 Å². The van der Waals surface area contributed by atoms with Gasteiger partial charge in [-0.2, -0.15) is 0 Å². The van der Waals surface area contributed by atoms with Gasteiger partial charge in [0, 0.05) is 42.7 Å². The molecule has 3 aliphatic rings. The molecule has 1 fully saturated rings. The Morgan fingerprint density at radius 2 is 1.94 bits per heavy atom. The number of sulfone groups is 1. The number of carbonyl (C=O) groups is 1. The summed E-state index contributed by atoms with van der Waals surface area (Å²) in [5, 5.41) is 5.52. The van der Waals surface area contributed by atoms with Gasteiger partial charge in [-0.25, -0.2) is 8.42 Å². The van der Waals surface area contributed by atoms with E-state index < -0.39 is 9.84 Å². The molecule has 1 unspecified atom stereocenters. The Morgan fingerprint density at radius 1 is 1.12 bits per heavy atom. The third-order valence-corrected chi connectivity index (χ3v) is 9.46. The first-order valence-electron chi connectivity index (χ1n) is 11.3. The molecular formula is C24H26ClN3O3S2. The summed E-state index contributed by atoms with van der Waals surface area (Å²) in [5.41, 5.74) is 1.23. The summed E-state index contributed by atoms with van der Waals surface area (Å²) in [7, 11) is -3.57. The number of hydrogen-bond acceptors (Lipinski definition) is 6. The lowest BCUT2D eigenvalue weighted by Gasteiger charge is -2.37. The van der Waals surface area contributed by atoms with Gasteiger partial charge in [-0.3, -0.25) is 9.79 Å². The number of rotatable bonds is 6. The normalized spacial score (nSPS) is 20.7. The van der Waals surface area contributed by atoms with Gasteiger partial charge >= 0.3 is 0 Å². The second-order valence-corrected chi connectivity index (χ2v) is 12.1. The topological polar surface area (TPSA) is 70.0 Å². The van der Waals surface area contributed by atoms with E-state index in [1.165, 1.54) is 5.70 Å². The quantitative estimate of drug-likeness (QED) is 0.572. The van der Waals surface area contributed by atoms with Gasteiger partial charge in [-0.15, -0.1) is 0 Å². The first kappa shape index (κ1) is 22.7. The van der Waals surface area contributed by atoms with E-state index in [-0.39, 0.29) is 29.0 Å². The Morgan fingerprint density at radius 3 is 2.82 bits per heavy atom. The smallest absolute Gasteiger partial charge is 0.223 e. The van der Waals surface area contributed by atoms with Crippen molar-refractivity contribution in [1.29, 1.82) is 0 Å². The van der Waals surface area contributed by atoms with Gasteiger partial charge in [0.25, 0.3) is 0 Å². The molecule has 1 atom stereocenters. The number of hydrogen-bond donors (Lipinski definition) is 0. The number of piperidine rings is 1. The summed E-state index contributed by atoms with van der Waals surface area (Å²) in [6, 6.07) is 10.5. The molecule has 2 aromatic rings. The number of nitrogens with zero attached hydrogens (tertiary/aromatic N) is 3. The lowest BCUT2D eigenvalue weighted by molar-refractivity contribution is -0.134. The maximum absolute atomic E-state index is 13.1. The van der Waals surface area contributed by atoms with Gasteiger partial charge in [0.2, 0.25) is 5.91 Å². The van der Waals surface area contributed by atoms with Crippen molar-refractivity contribution in [2.24, 2.45) is 4.99 Å². The number of fused-ring (bicyclic) bond motifs is 2. The predicted octanol–water partition coefficient (Wildman–Crippen LogP) is 4.69.